The molecule has 0 aromatic heterocycles. The molecule has 0 amide bonds. The first-order chi connectivity index (χ1) is 1.91. The Bertz CT molecular complexity index is 23.6. The molecule has 0 aliphatic rings. The van der Waals surface area contributed by atoms with Gasteiger partial charge in [0, 0.05) is 18.6 Å². The minimum absolute atomic E-state index is 0. The average Bonchev–Trinajstić information content (AvgIpc) is 1.37. The third-order valence-electron chi connectivity index (χ3n) is 0.0456. The van der Waals surface area contributed by atoms with Crippen LogP contribution in [0, 0.1) is 0 Å². The maximum absolute atomic E-state index is 4.24. The fourth-order valence-electron chi connectivity index (χ4n) is 0. The molecule has 0 spiro atoms. The molecule has 0 nitrogen and oxygen atoms in total. The summed E-state index contributed by atoms with van der Waals surface area (Å²) in [6.45, 7) is 0. The number of hydrogen-bond donors (Lipinski definition) is 0. The summed E-state index contributed by atoms with van der Waals surface area (Å²) < 4.78 is 0. The molecule has 0 aliphatic heterocycles. The van der Waals surface area contributed by atoms with Gasteiger partial charge >= 0.3 is 0 Å². The van der Waals surface area contributed by atoms with Crippen molar-refractivity contribution in [2.75, 3.05) is 0 Å². The molecule has 0 fully saturated rings. The Labute approximate surface area is 53.2 Å². The van der Waals surface area contributed by atoms with Crippen molar-refractivity contribution in [2.24, 2.45) is 0 Å². The Balaban J connectivity index is 0. The summed E-state index contributed by atoms with van der Waals surface area (Å²) in [5.41, 5.74) is 0. The van der Waals surface area contributed by atoms with E-state index in [-0.39, 0.29) is 18.6 Å². The van der Waals surface area contributed by atoms with Crippen molar-refractivity contribution in [1.82, 2.24) is 0 Å². The molecule has 0 bridgehead atoms. The summed E-state index contributed by atoms with van der Waals surface area (Å²) in [5, 5.41) is 2.41. The minimum Gasteiger partial charge on any atom is -0.393 e. The van der Waals surface area contributed by atoms with Gasteiger partial charge in [-0.2, -0.15) is 0 Å². The second-order valence-electron chi connectivity index (χ2n) is 0.214. The number of hydrogen-bond acceptors (Lipinski definition) is 1. The molecule has 0 N–H and O–H groups in total. The van der Waals surface area contributed by atoms with E-state index in [1.165, 1.54) is 0 Å². The normalized spacial score (nSPS) is 7.40. The van der Waals surface area contributed by atoms with Crippen molar-refractivity contribution in [3.05, 3.63) is 0 Å². The second kappa shape index (κ2) is 9.11. The Morgan fingerprint density at radius 3 is 2.00 bits per heavy atom. The van der Waals surface area contributed by atoms with Gasteiger partial charge in [0.05, 0.1) is 0 Å². The van der Waals surface area contributed by atoms with Crippen LogP contribution in [0.4, 0.5) is 0 Å². The first kappa shape index (κ1) is 9.73. The molecule has 0 aliphatic carbocycles. The van der Waals surface area contributed by atoms with Crippen LogP contribution in [0.2, 0.25) is 0 Å². The summed E-state index contributed by atoms with van der Waals surface area (Å²) in [6, 6.07) is 0. The average molecular weight is 158 g/mol. The zero-order valence-electron chi connectivity index (χ0n) is 2.30. The van der Waals surface area contributed by atoms with Crippen molar-refractivity contribution in [2.45, 2.75) is 0 Å². The molecule has 5 heavy (non-hydrogen) atoms. The fourth-order valence-corrected chi connectivity index (χ4v) is 0. The van der Waals surface area contributed by atoms with Crippen LogP contribution in [-0.4, -0.2) is 5.11 Å². The predicted molar refractivity (Wildman–Crippen MR) is 27.8 cm³/mol. The van der Waals surface area contributed by atoms with Crippen LogP contribution < -0.4 is 0 Å². The van der Waals surface area contributed by atoms with Gasteiger partial charge in [0.2, 0.25) is 0 Å². The van der Waals surface area contributed by atoms with Gasteiger partial charge in [-0.15, -0.1) is 0 Å². The van der Waals surface area contributed by atoms with E-state index < -0.39 is 0 Å². The van der Waals surface area contributed by atoms with Crippen molar-refractivity contribution < 1.29 is 18.6 Å². The molecule has 4 heteroatoms. The molecule has 0 rings (SSSR count). The van der Waals surface area contributed by atoms with Crippen molar-refractivity contribution in [1.29, 1.82) is 0 Å². The molecule has 27 valence electrons. The van der Waals surface area contributed by atoms with Crippen LogP contribution in [-0.2, 0) is 18.6 Å². The van der Waals surface area contributed by atoms with Gasteiger partial charge in [-0.1, -0.05) is 8.93 Å². The van der Waals surface area contributed by atoms with Crippen molar-refractivity contribution in [3.8, 4) is 0 Å². The first-order valence-corrected chi connectivity index (χ1v) is 3.37. The Kier molecular flexibility index (Phi) is 17.7. The molecule has 1 atom stereocenters. The molecule has 0 saturated carbocycles. The van der Waals surface area contributed by atoms with E-state index in [4.69, 9.17) is 0 Å². The molecule has 0 heterocycles. The molecule has 0 aromatic carbocycles. The van der Waals surface area contributed by atoms with Gasteiger partial charge in [0.1, 0.15) is 0 Å². The van der Waals surface area contributed by atoms with Gasteiger partial charge in [-0.3, -0.25) is 0 Å². The largest absolute Gasteiger partial charge is 0.393 e. The van der Waals surface area contributed by atoms with Gasteiger partial charge in [0.15, 0.2) is 0 Å². The van der Waals surface area contributed by atoms with Crippen LogP contribution in [0.1, 0.15) is 0 Å². The summed E-state index contributed by atoms with van der Waals surface area (Å²) in [7, 11) is 4.13. The van der Waals surface area contributed by atoms with Gasteiger partial charge < -0.3 is 17.3 Å². The standard InChI is InChI=1S/CHP2S.V/c2-3-1-4;/h3H;/q-1;. The van der Waals surface area contributed by atoms with Crippen molar-refractivity contribution in [3.63, 3.8) is 0 Å². The quantitative estimate of drug-likeness (QED) is 0.318. The fraction of sp³-hybridized carbons (Fsp3) is 0. The van der Waals surface area contributed by atoms with Gasteiger partial charge in [0.25, 0.3) is 0 Å². The van der Waals surface area contributed by atoms with Gasteiger partial charge in [-0.25, -0.2) is 8.27 Å². The van der Waals surface area contributed by atoms with Crippen LogP contribution in [0.25, 0.3) is 0 Å². The third kappa shape index (κ3) is 10.8. The minimum atomic E-state index is 0. The first-order valence-electron chi connectivity index (χ1n) is 0.678. The zero-order chi connectivity index (χ0) is 3.41. The monoisotopic (exact) mass is 158 g/mol. The predicted octanol–water partition coefficient (Wildman–Crippen LogP) is 1.82. The Morgan fingerprint density at radius 2 is 2.00 bits per heavy atom. The zero-order valence-corrected chi connectivity index (χ0v) is 6.41. The molecule has 1 unspecified atom stereocenters. The van der Waals surface area contributed by atoms with E-state index in [0.717, 1.165) is 0 Å². The SMILES string of the molecule is [P]P[C-]=S.[V]. The van der Waals surface area contributed by atoms with E-state index >= 15 is 0 Å². The number of thiocarbonyl (C=S) groups is 1. The van der Waals surface area contributed by atoms with Crippen LogP contribution >= 0.6 is 29.4 Å². The molecule has 3 radical (unpaired) electrons. The number of rotatable bonds is 1. The molecule has 0 aromatic rings. The van der Waals surface area contributed by atoms with E-state index in [1.54, 1.807) is 0 Å². The summed E-state index contributed by atoms with van der Waals surface area (Å²) in [5.74, 6) is 0. The van der Waals surface area contributed by atoms with Gasteiger partial charge in [-0.05, 0) is 0 Å². The summed E-state index contributed by atoms with van der Waals surface area (Å²) >= 11 is 4.24. The van der Waals surface area contributed by atoms with E-state index in [1.807, 2.05) is 0 Å². The van der Waals surface area contributed by atoms with E-state index in [0.29, 0.717) is 8.27 Å². The maximum atomic E-state index is 4.24. The van der Waals surface area contributed by atoms with E-state index in [9.17, 15) is 0 Å². The molecular weight excluding hydrogens is 157 g/mol. The molecular formula is CHP2SV-. The van der Waals surface area contributed by atoms with Crippen LogP contribution in [0.5, 0.6) is 0 Å². The summed E-state index contributed by atoms with van der Waals surface area (Å²) in [6.07, 6.45) is 0. The summed E-state index contributed by atoms with van der Waals surface area (Å²) in [4.78, 5) is 0. The Morgan fingerprint density at radius 1 is 1.80 bits per heavy atom. The Hall–Kier alpha value is 1.53. The smallest absolute Gasteiger partial charge is 0 e. The second-order valence-corrected chi connectivity index (χ2v) is 1.92. The van der Waals surface area contributed by atoms with E-state index in [2.05, 4.69) is 26.3 Å². The topological polar surface area (TPSA) is 0 Å². The third-order valence-corrected chi connectivity index (χ3v) is 1.23. The van der Waals surface area contributed by atoms with Crippen LogP contribution in [0.15, 0.2) is 0 Å². The molecule has 0 saturated heterocycles. The van der Waals surface area contributed by atoms with Crippen molar-refractivity contribution >= 4 is 34.5 Å². The maximum Gasteiger partial charge on any atom is 0 e. The van der Waals surface area contributed by atoms with Crippen LogP contribution in [0.3, 0.4) is 0 Å².